The Morgan fingerprint density at radius 1 is 1.80 bits per heavy atom. The molecule has 0 atom stereocenters. The van der Waals surface area contributed by atoms with Crippen molar-refractivity contribution in [2.75, 3.05) is 4.43 Å². The van der Waals surface area contributed by atoms with Crippen LogP contribution in [0.2, 0.25) is 0 Å². The maximum Gasteiger partial charge on any atom is 0.148 e. The van der Waals surface area contributed by atoms with Gasteiger partial charge in [0.05, 0.1) is 22.1 Å². The van der Waals surface area contributed by atoms with Crippen LogP contribution in [0.25, 0.3) is 0 Å². The van der Waals surface area contributed by atoms with Crippen LogP contribution in [0.1, 0.15) is 5.69 Å². The zero-order chi connectivity index (χ0) is 7.40. The molecule has 0 N–H and O–H groups in total. The largest absolute Gasteiger partial charge is 0.298 e. The fraction of sp³-hybridized carbons (Fsp3) is 0.333. The third kappa shape index (κ3) is 2.34. The Bertz CT molecular complexity index is 210. The number of alkyl halides is 1. The molecule has 0 aliphatic carbocycles. The Labute approximate surface area is 76.8 Å². The highest BCUT2D eigenvalue weighted by Gasteiger charge is 2.01. The minimum Gasteiger partial charge on any atom is -0.298 e. The van der Waals surface area contributed by atoms with Crippen molar-refractivity contribution < 1.29 is 4.79 Å². The van der Waals surface area contributed by atoms with Crippen LogP contribution in [0.15, 0.2) is 10.9 Å². The van der Waals surface area contributed by atoms with Gasteiger partial charge in [-0.25, -0.2) is 4.98 Å². The zero-order valence-corrected chi connectivity index (χ0v) is 8.18. The molecule has 0 radical (unpaired) electrons. The summed E-state index contributed by atoms with van der Waals surface area (Å²) in [4.78, 5) is 14.8. The highest BCUT2D eigenvalue weighted by Crippen LogP contribution is 2.02. The predicted octanol–water partition coefficient (Wildman–Crippen LogP) is 1.69. The van der Waals surface area contributed by atoms with Crippen molar-refractivity contribution in [2.24, 2.45) is 0 Å². The van der Waals surface area contributed by atoms with E-state index >= 15 is 0 Å². The summed E-state index contributed by atoms with van der Waals surface area (Å²) in [6, 6.07) is 0. The second-order valence-corrected chi connectivity index (χ2v) is 3.31. The van der Waals surface area contributed by atoms with E-state index in [1.807, 2.05) is 5.38 Å². The molecular weight excluding hydrogens is 261 g/mol. The summed E-state index contributed by atoms with van der Waals surface area (Å²) in [6.07, 6.45) is 0.492. The molecule has 0 spiro atoms. The Morgan fingerprint density at radius 2 is 2.60 bits per heavy atom. The van der Waals surface area contributed by atoms with Crippen molar-refractivity contribution >= 4 is 39.7 Å². The van der Waals surface area contributed by atoms with Gasteiger partial charge in [0, 0.05) is 5.38 Å². The van der Waals surface area contributed by atoms with Crippen LogP contribution >= 0.6 is 33.9 Å². The van der Waals surface area contributed by atoms with Crippen LogP contribution in [-0.2, 0) is 11.2 Å². The number of Topliss-reactive ketones (excluding diaryl/α,β-unsaturated/α-hetero) is 1. The number of hydrogen-bond donors (Lipinski definition) is 0. The van der Waals surface area contributed by atoms with E-state index in [1.165, 1.54) is 11.3 Å². The molecule has 0 amide bonds. The molecule has 0 unspecified atom stereocenters. The van der Waals surface area contributed by atoms with Gasteiger partial charge in [0.1, 0.15) is 5.78 Å². The number of ketones is 1. The molecule has 10 heavy (non-hydrogen) atoms. The second kappa shape index (κ2) is 4.02. The molecule has 2 nitrogen and oxygen atoms in total. The first-order chi connectivity index (χ1) is 4.83. The number of hydrogen-bond acceptors (Lipinski definition) is 3. The van der Waals surface area contributed by atoms with Gasteiger partial charge in [-0.15, -0.1) is 11.3 Å². The zero-order valence-electron chi connectivity index (χ0n) is 5.21. The van der Waals surface area contributed by atoms with Crippen LogP contribution < -0.4 is 0 Å². The number of aromatic nitrogens is 1. The molecule has 1 aromatic heterocycles. The number of rotatable bonds is 3. The van der Waals surface area contributed by atoms with Crippen LogP contribution in [-0.4, -0.2) is 15.2 Å². The molecule has 0 bridgehead atoms. The summed E-state index contributed by atoms with van der Waals surface area (Å²) < 4.78 is 0.579. The fourth-order valence-electron chi connectivity index (χ4n) is 0.574. The van der Waals surface area contributed by atoms with Gasteiger partial charge in [-0.2, -0.15) is 0 Å². The van der Waals surface area contributed by atoms with E-state index in [2.05, 4.69) is 27.6 Å². The van der Waals surface area contributed by atoms with Gasteiger partial charge in [0.25, 0.3) is 0 Å². The maximum atomic E-state index is 10.8. The molecule has 54 valence electrons. The molecule has 0 saturated heterocycles. The molecule has 0 aliphatic rings. The third-order valence-corrected chi connectivity index (χ3v) is 2.50. The normalized spacial score (nSPS) is 9.70. The molecule has 0 aromatic carbocycles. The minimum absolute atomic E-state index is 0.242. The topological polar surface area (TPSA) is 30.0 Å². The minimum atomic E-state index is 0.242. The van der Waals surface area contributed by atoms with Gasteiger partial charge in [0.15, 0.2) is 0 Å². The lowest BCUT2D eigenvalue weighted by Gasteiger charge is -1.89. The van der Waals surface area contributed by atoms with Gasteiger partial charge < -0.3 is 0 Å². The Kier molecular flexibility index (Phi) is 3.27. The highest BCUT2D eigenvalue weighted by molar-refractivity contribution is 14.1. The summed E-state index contributed by atoms with van der Waals surface area (Å²) in [5, 5.41) is 1.91. The van der Waals surface area contributed by atoms with E-state index in [4.69, 9.17) is 0 Å². The molecule has 0 fully saturated rings. The average molecular weight is 267 g/mol. The van der Waals surface area contributed by atoms with Gasteiger partial charge >= 0.3 is 0 Å². The number of thiazole rings is 1. The van der Waals surface area contributed by atoms with Crippen LogP contribution in [0, 0.1) is 0 Å². The summed E-state index contributed by atoms with van der Waals surface area (Å²) in [7, 11) is 0. The van der Waals surface area contributed by atoms with Crippen LogP contribution in [0.4, 0.5) is 0 Å². The summed E-state index contributed by atoms with van der Waals surface area (Å²) >= 11 is 3.59. The van der Waals surface area contributed by atoms with E-state index in [1.54, 1.807) is 5.51 Å². The standard InChI is InChI=1S/C6H6INOS/c7-2-6(9)1-5-3-10-4-8-5/h3-4H,1-2H2. The van der Waals surface area contributed by atoms with E-state index in [0.29, 0.717) is 10.8 Å². The van der Waals surface area contributed by atoms with E-state index in [9.17, 15) is 4.79 Å². The van der Waals surface area contributed by atoms with Gasteiger partial charge in [-0.1, -0.05) is 22.6 Å². The van der Waals surface area contributed by atoms with Crippen LogP contribution in [0.5, 0.6) is 0 Å². The maximum absolute atomic E-state index is 10.8. The van der Waals surface area contributed by atoms with Crippen molar-refractivity contribution in [1.82, 2.24) is 4.98 Å². The third-order valence-electron chi connectivity index (χ3n) is 1.01. The van der Waals surface area contributed by atoms with Crippen molar-refractivity contribution in [3.8, 4) is 0 Å². The number of carbonyl (C=O) groups excluding carboxylic acids is 1. The SMILES string of the molecule is O=C(CI)Cc1cscn1. The molecule has 0 aliphatic heterocycles. The lowest BCUT2D eigenvalue weighted by molar-refractivity contribution is -0.115. The van der Waals surface area contributed by atoms with E-state index in [0.717, 1.165) is 5.69 Å². The van der Waals surface area contributed by atoms with Crippen molar-refractivity contribution in [3.05, 3.63) is 16.6 Å². The van der Waals surface area contributed by atoms with E-state index in [-0.39, 0.29) is 5.78 Å². The molecule has 1 heterocycles. The van der Waals surface area contributed by atoms with E-state index < -0.39 is 0 Å². The number of nitrogens with zero attached hydrogens (tertiary/aromatic N) is 1. The smallest absolute Gasteiger partial charge is 0.148 e. The van der Waals surface area contributed by atoms with Crippen molar-refractivity contribution in [2.45, 2.75) is 6.42 Å². The average Bonchev–Trinajstić information content (AvgIpc) is 2.40. The molecule has 0 saturated carbocycles. The van der Waals surface area contributed by atoms with Crippen LogP contribution in [0.3, 0.4) is 0 Å². The molecule has 1 rings (SSSR count). The Morgan fingerprint density at radius 3 is 3.10 bits per heavy atom. The highest BCUT2D eigenvalue weighted by atomic mass is 127. The first kappa shape index (κ1) is 8.13. The predicted molar refractivity (Wildman–Crippen MR) is 49.7 cm³/mol. The molecule has 4 heteroatoms. The molecule has 1 aromatic rings. The quantitative estimate of drug-likeness (QED) is 0.616. The number of halogens is 1. The lowest BCUT2D eigenvalue weighted by Crippen LogP contribution is -2.02. The van der Waals surface area contributed by atoms with Gasteiger partial charge in [-0.05, 0) is 0 Å². The summed E-state index contributed by atoms with van der Waals surface area (Å²) in [6.45, 7) is 0. The van der Waals surface area contributed by atoms with Crippen molar-refractivity contribution in [1.29, 1.82) is 0 Å². The summed E-state index contributed by atoms with van der Waals surface area (Å²) in [5.74, 6) is 0.242. The number of carbonyl (C=O) groups is 1. The van der Waals surface area contributed by atoms with Gasteiger partial charge in [-0.3, -0.25) is 4.79 Å². The Hall–Kier alpha value is 0.0300. The fourth-order valence-corrected chi connectivity index (χ4v) is 1.40. The lowest BCUT2D eigenvalue weighted by atomic mass is 10.3. The monoisotopic (exact) mass is 267 g/mol. The second-order valence-electron chi connectivity index (χ2n) is 1.83. The van der Waals surface area contributed by atoms with Crippen molar-refractivity contribution in [3.63, 3.8) is 0 Å². The summed E-state index contributed by atoms with van der Waals surface area (Å²) in [5.41, 5.74) is 2.64. The van der Waals surface area contributed by atoms with Gasteiger partial charge in [0.2, 0.25) is 0 Å². The Balaban J connectivity index is 2.48. The first-order valence-electron chi connectivity index (χ1n) is 2.77. The first-order valence-corrected chi connectivity index (χ1v) is 5.24. The molecular formula is C6H6INOS.